The van der Waals surface area contributed by atoms with Crippen LogP contribution in [0.2, 0.25) is 0 Å². The van der Waals surface area contributed by atoms with Crippen LogP contribution in [0.5, 0.6) is 0 Å². The number of nitrogens with zero attached hydrogens (tertiary/aromatic N) is 2. The molecule has 11 heteroatoms. The smallest absolute Gasteiger partial charge is 0.148 e. The molecule has 0 radical (unpaired) electrons. The van der Waals surface area contributed by atoms with Gasteiger partial charge < -0.3 is 24.7 Å². The Morgan fingerprint density at radius 2 is 2.02 bits per heavy atom. The van der Waals surface area contributed by atoms with Gasteiger partial charge in [0.2, 0.25) is 0 Å². The Kier molecular flexibility index (Phi) is 8.82. The highest BCUT2D eigenvalue weighted by molar-refractivity contribution is 7.90. The minimum Gasteiger partial charge on any atom is -0.492 e. The van der Waals surface area contributed by atoms with Gasteiger partial charge >= 0.3 is 0 Å². The van der Waals surface area contributed by atoms with Crippen molar-refractivity contribution in [3.05, 3.63) is 99.9 Å². The maximum Gasteiger partial charge on any atom is 0.148 e. The first-order chi connectivity index (χ1) is 19.6. The molecule has 2 heterocycles. The number of benzene rings is 2. The van der Waals surface area contributed by atoms with Gasteiger partial charge in [-0.15, -0.1) is 0 Å². The van der Waals surface area contributed by atoms with Gasteiger partial charge in [0.25, 0.3) is 0 Å². The number of nitrogens with one attached hydrogen (secondary N) is 2. The molecule has 0 fully saturated rings. The molecule has 0 saturated heterocycles. The Hall–Kier alpha value is -3.60. The number of allylic oxidation sites excluding steroid dienone is 4. The van der Waals surface area contributed by atoms with Crippen LogP contribution in [0.25, 0.3) is 11.3 Å². The summed E-state index contributed by atoms with van der Waals surface area (Å²) in [4.78, 5) is 6.58. The van der Waals surface area contributed by atoms with Crippen LogP contribution < -0.4 is 10.6 Å². The van der Waals surface area contributed by atoms with E-state index in [1.807, 2.05) is 48.4 Å². The average Bonchev–Trinajstić information content (AvgIpc) is 3.41. The summed E-state index contributed by atoms with van der Waals surface area (Å²) >= 11 is 6.58. The minimum atomic E-state index is -3.01. The lowest BCUT2D eigenvalue weighted by Crippen LogP contribution is -2.36. The second kappa shape index (κ2) is 12.5. The number of hydrogen-bond donors (Lipinski definition) is 2. The molecule has 216 valence electrons. The van der Waals surface area contributed by atoms with Gasteiger partial charge in [-0.2, -0.15) is 0 Å². The summed E-state index contributed by atoms with van der Waals surface area (Å²) < 4.78 is 48.1. The monoisotopic (exact) mass is 598 g/mol. The lowest BCUT2D eigenvalue weighted by atomic mass is 10.0. The molecule has 0 spiro atoms. The molecule has 2 aliphatic rings. The van der Waals surface area contributed by atoms with Crippen molar-refractivity contribution in [3.63, 3.8) is 0 Å². The highest BCUT2D eigenvalue weighted by atomic mass is 35.5. The Labute approximate surface area is 244 Å². The Balaban J connectivity index is 1.27. The molecule has 1 unspecified atom stereocenters. The average molecular weight is 599 g/mol. The number of furan rings is 1. The zero-order valence-corrected chi connectivity index (χ0v) is 24.4. The van der Waals surface area contributed by atoms with Crippen molar-refractivity contribution in [2.75, 3.05) is 25.6 Å². The summed E-state index contributed by atoms with van der Waals surface area (Å²) in [6.45, 7) is 1.05. The topological polar surface area (TPSA) is 96.2 Å². The first-order valence-corrected chi connectivity index (χ1v) is 15.7. The van der Waals surface area contributed by atoms with Crippen molar-refractivity contribution in [2.45, 2.75) is 32.2 Å². The fourth-order valence-electron chi connectivity index (χ4n) is 4.66. The van der Waals surface area contributed by atoms with Crippen LogP contribution in [0, 0.1) is 5.82 Å². The normalized spacial score (nSPS) is 16.9. The molecule has 2 N–H and O–H groups in total. The van der Waals surface area contributed by atoms with Crippen molar-refractivity contribution < 1.29 is 22.0 Å². The fourth-order valence-corrected chi connectivity index (χ4v) is 5.46. The molecule has 1 aliphatic heterocycles. The molecule has 41 heavy (non-hydrogen) atoms. The highest BCUT2D eigenvalue weighted by Crippen LogP contribution is 2.37. The van der Waals surface area contributed by atoms with Crippen molar-refractivity contribution in [1.29, 1.82) is 0 Å². The fraction of sp³-hybridized carbons (Fsp3) is 0.300. The second-order valence-corrected chi connectivity index (χ2v) is 12.8. The van der Waals surface area contributed by atoms with Crippen molar-refractivity contribution >= 4 is 33.5 Å². The molecule has 1 aromatic heterocycles. The van der Waals surface area contributed by atoms with E-state index in [2.05, 4.69) is 21.7 Å². The molecule has 2 aromatic carbocycles. The van der Waals surface area contributed by atoms with Crippen molar-refractivity contribution in [2.24, 2.45) is 4.99 Å². The molecular weight excluding hydrogens is 567 g/mol. The predicted octanol–water partition coefficient (Wildman–Crippen LogP) is 5.76. The van der Waals surface area contributed by atoms with Gasteiger partial charge in [-0.05, 0) is 60.5 Å². The van der Waals surface area contributed by atoms with Crippen LogP contribution in [0.15, 0.2) is 86.6 Å². The first-order valence-electron chi connectivity index (χ1n) is 13.3. The molecule has 8 nitrogen and oxygen atoms in total. The van der Waals surface area contributed by atoms with Gasteiger partial charge in [-0.25, -0.2) is 17.8 Å². The van der Waals surface area contributed by atoms with Crippen molar-refractivity contribution in [3.8, 4) is 11.3 Å². The number of fused-ring (bicyclic) bond motifs is 1. The minimum absolute atomic E-state index is 0.0779. The second-order valence-electron chi connectivity index (χ2n) is 10.2. The first kappa shape index (κ1) is 28.9. The quantitative estimate of drug-likeness (QED) is 0.271. The van der Waals surface area contributed by atoms with Crippen LogP contribution in [-0.4, -0.2) is 45.3 Å². The van der Waals surface area contributed by atoms with Crippen molar-refractivity contribution in [1.82, 2.24) is 15.5 Å². The maximum absolute atomic E-state index is 13.5. The van der Waals surface area contributed by atoms with Crippen LogP contribution >= 0.6 is 11.6 Å². The summed E-state index contributed by atoms with van der Waals surface area (Å²) in [6.07, 6.45) is 6.04. The molecule has 3 aromatic rings. The van der Waals surface area contributed by atoms with Gasteiger partial charge in [0.05, 0.1) is 29.4 Å². The van der Waals surface area contributed by atoms with E-state index in [9.17, 15) is 12.8 Å². The highest BCUT2D eigenvalue weighted by Gasteiger charge is 2.25. The van der Waals surface area contributed by atoms with Crippen LogP contribution in [0.3, 0.4) is 0 Å². The van der Waals surface area contributed by atoms with Crippen LogP contribution in [0.4, 0.5) is 10.1 Å². The summed E-state index contributed by atoms with van der Waals surface area (Å²) in [5.74, 6) is 1.90. The van der Waals surface area contributed by atoms with E-state index in [0.717, 1.165) is 33.8 Å². The van der Waals surface area contributed by atoms with Gasteiger partial charge in [-0.3, -0.25) is 0 Å². The Morgan fingerprint density at radius 1 is 1.17 bits per heavy atom. The molecule has 1 aliphatic carbocycles. The summed E-state index contributed by atoms with van der Waals surface area (Å²) in [6, 6.07) is 16.1. The molecule has 1 atom stereocenters. The lowest BCUT2D eigenvalue weighted by Gasteiger charge is -2.34. The third kappa shape index (κ3) is 7.58. The summed E-state index contributed by atoms with van der Waals surface area (Å²) in [5, 5.41) is 7.23. The van der Waals surface area contributed by atoms with Crippen LogP contribution in [-0.2, 0) is 27.7 Å². The maximum atomic E-state index is 13.5. The van der Waals surface area contributed by atoms with E-state index in [-0.39, 0.29) is 24.3 Å². The largest absolute Gasteiger partial charge is 0.492 e. The standard InChI is InChI=1S/C30H32ClFN4O4S/c1-36-19-34-27-9-6-21(28-11-8-24(40-28)17-33-12-13-41(2,37)38)15-25(27)30(36)35-23-7-10-29(26(31)16-23)39-18-20-4-3-5-22(32)14-20/h3-6,8-9,11,14-16,19,30,33,35H,7,10,12-13,17-18H2,1-2H3. The Bertz CT molecular complexity index is 1620. The summed E-state index contributed by atoms with van der Waals surface area (Å²) in [5.41, 5.74) is 4.47. The predicted molar refractivity (Wildman–Crippen MR) is 159 cm³/mol. The van der Waals surface area contributed by atoms with E-state index in [1.54, 1.807) is 12.4 Å². The number of rotatable bonds is 11. The van der Waals surface area contributed by atoms with E-state index in [1.165, 1.54) is 18.4 Å². The number of halogens is 2. The zero-order chi connectivity index (χ0) is 29.0. The number of hydrogen-bond acceptors (Lipinski definition) is 8. The number of ether oxygens (including phenoxy) is 1. The van der Waals surface area contributed by atoms with E-state index >= 15 is 0 Å². The van der Waals surface area contributed by atoms with Gasteiger partial charge in [0.15, 0.2) is 0 Å². The van der Waals surface area contributed by atoms with E-state index in [0.29, 0.717) is 42.5 Å². The van der Waals surface area contributed by atoms with Crippen LogP contribution in [0.1, 0.15) is 35.9 Å². The molecule has 5 rings (SSSR count). The van der Waals surface area contributed by atoms with Gasteiger partial charge in [0.1, 0.15) is 45.7 Å². The molecule has 0 saturated carbocycles. The van der Waals surface area contributed by atoms with Gasteiger partial charge in [0, 0.05) is 43.1 Å². The number of aliphatic imine (C=N–C) groups is 1. The lowest BCUT2D eigenvalue weighted by molar-refractivity contribution is 0.185. The zero-order valence-electron chi connectivity index (χ0n) is 22.9. The third-order valence-corrected chi connectivity index (χ3v) is 8.08. The molecule has 0 amide bonds. The van der Waals surface area contributed by atoms with E-state index in [4.69, 9.17) is 20.8 Å². The number of sulfone groups is 1. The summed E-state index contributed by atoms with van der Waals surface area (Å²) in [7, 11) is -1.06. The Morgan fingerprint density at radius 3 is 2.80 bits per heavy atom. The van der Waals surface area contributed by atoms with Gasteiger partial charge in [-0.1, -0.05) is 23.7 Å². The molecular formula is C30H32ClFN4O4S. The molecule has 0 bridgehead atoms. The SMILES string of the molecule is CN1C=Nc2ccc(-c3ccc(CNCCS(C)(=O)=O)o3)cc2C1NC1=CC(Cl)=C(OCc2cccc(F)c2)CC1. The third-order valence-electron chi connectivity index (χ3n) is 6.82. The van der Waals surface area contributed by atoms with E-state index < -0.39 is 9.84 Å².